The smallest absolute Gasteiger partial charge is 0.237 e. The summed E-state index contributed by atoms with van der Waals surface area (Å²) in [6.45, 7) is 5.02. The molecule has 2 heterocycles. The molecule has 0 radical (unpaired) electrons. The first-order valence-corrected chi connectivity index (χ1v) is 6.99. The van der Waals surface area contributed by atoms with Crippen LogP contribution >= 0.6 is 0 Å². The number of rotatable bonds is 2. The van der Waals surface area contributed by atoms with Crippen molar-refractivity contribution in [3.63, 3.8) is 0 Å². The van der Waals surface area contributed by atoms with Crippen LogP contribution in [0.4, 0.5) is 0 Å². The second-order valence-electron chi connectivity index (χ2n) is 5.42. The van der Waals surface area contributed by atoms with Gasteiger partial charge in [-0.1, -0.05) is 13.3 Å². The van der Waals surface area contributed by atoms with Crippen molar-refractivity contribution in [2.45, 2.75) is 51.1 Å². The third kappa shape index (κ3) is 2.99. The van der Waals surface area contributed by atoms with Crippen LogP contribution in [0.25, 0.3) is 0 Å². The van der Waals surface area contributed by atoms with Gasteiger partial charge in [0.2, 0.25) is 5.91 Å². The molecule has 2 saturated heterocycles. The number of hydrogen-bond donors (Lipinski definition) is 2. The molecule has 3 unspecified atom stereocenters. The van der Waals surface area contributed by atoms with Crippen molar-refractivity contribution in [3.8, 4) is 0 Å². The number of nitrogens with two attached hydrogens (primary N) is 1. The number of nitrogens with one attached hydrogen (secondary N) is 1. The molecular formula is C13H25N3O. The van der Waals surface area contributed by atoms with Gasteiger partial charge in [-0.2, -0.15) is 0 Å². The Morgan fingerprint density at radius 3 is 3.00 bits per heavy atom. The third-order valence-electron chi connectivity index (χ3n) is 4.30. The van der Waals surface area contributed by atoms with E-state index in [4.69, 9.17) is 5.73 Å². The summed E-state index contributed by atoms with van der Waals surface area (Å²) in [6, 6.07) is 0.420. The summed E-state index contributed by atoms with van der Waals surface area (Å²) in [4.78, 5) is 14.4. The van der Waals surface area contributed by atoms with Crippen LogP contribution in [0.15, 0.2) is 0 Å². The fraction of sp³-hybridized carbons (Fsp3) is 0.923. The lowest BCUT2D eigenvalue weighted by atomic mass is 9.89. The number of hydrogen-bond acceptors (Lipinski definition) is 3. The summed E-state index contributed by atoms with van der Waals surface area (Å²) in [7, 11) is 0. The van der Waals surface area contributed by atoms with E-state index >= 15 is 0 Å². The predicted octanol–water partition coefficient (Wildman–Crippen LogP) is 0.714. The van der Waals surface area contributed by atoms with Gasteiger partial charge in [0.15, 0.2) is 0 Å². The molecule has 2 aliphatic rings. The van der Waals surface area contributed by atoms with Gasteiger partial charge < -0.3 is 11.1 Å². The van der Waals surface area contributed by atoms with Crippen LogP contribution < -0.4 is 11.1 Å². The molecule has 0 aromatic carbocycles. The van der Waals surface area contributed by atoms with Crippen molar-refractivity contribution < 1.29 is 4.79 Å². The highest BCUT2D eigenvalue weighted by atomic mass is 16.2. The average Bonchev–Trinajstić information content (AvgIpc) is 2.55. The number of nitrogens with zero attached hydrogens (tertiary/aromatic N) is 1. The Balaban J connectivity index is 1.98. The topological polar surface area (TPSA) is 58.4 Å². The fourth-order valence-electron chi connectivity index (χ4n) is 3.06. The Morgan fingerprint density at radius 1 is 1.41 bits per heavy atom. The molecule has 2 aliphatic heterocycles. The van der Waals surface area contributed by atoms with Gasteiger partial charge in [-0.15, -0.1) is 0 Å². The molecule has 2 rings (SSSR count). The Kier molecular flexibility index (Phi) is 4.40. The van der Waals surface area contributed by atoms with Gasteiger partial charge in [-0.3, -0.25) is 9.69 Å². The Morgan fingerprint density at radius 2 is 2.24 bits per heavy atom. The SMILES string of the molecule is CCC1CN(C2CCCCNC2=O)CCC1N. The Bertz CT molecular complexity index is 269. The molecular weight excluding hydrogens is 214 g/mol. The average molecular weight is 239 g/mol. The molecule has 4 nitrogen and oxygen atoms in total. The summed E-state index contributed by atoms with van der Waals surface area (Å²) in [6.07, 6.45) is 5.43. The van der Waals surface area contributed by atoms with Gasteiger partial charge in [0.1, 0.15) is 0 Å². The first-order chi connectivity index (χ1) is 8.22. The second-order valence-corrected chi connectivity index (χ2v) is 5.42. The van der Waals surface area contributed by atoms with Crippen LogP contribution in [0.1, 0.15) is 39.0 Å². The van der Waals surface area contributed by atoms with Gasteiger partial charge in [-0.05, 0) is 31.6 Å². The number of carbonyl (C=O) groups excluding carboxylic acids is 1. The molecule has 0 spiro atoms. The molecule has 0 aliphatic carbocycles. The van der Waals surface area contributed by atoms with Crippen molar-refractivity contribution in [2.75, 3.05) is 19.6 Å². The number of likely N-dealkylation sites (tertiary alicyclic amines) is 1. The maximum Gasteiger partial charge on any atom is 0.237 e. The van der Waals surface area contributed by atoms with E-state index in [0.29, 0.717) is 12.0 Å². The van der Waals surface area contributed by atoms with Crippen molar-refractivity contribution >= 4 is 5.91 Å². The molecule has 0 bridgehead atoms. The van der Waals surface area contributed by atoms with E-state index < -0.39 is 0 Å². The molecule has 98 valence electrons. The lowest BCUT2D eigenvalue weighted by Crippen LogP contribution is -2.54. The van der Waals surface area contributed by atoms with Gasteiger partial charge in [0.25, 0.3) is 0 Å². The minimum Gasteiger partial charge on any atom is -0.355 e. The zero-order chi connectivity index (χ0) is 12.3. The first kappa shape index (κ1) is 12.8. The zero-order valence-corrected chi connectivity index (χ0v) is 10.8. The van der Waals surface area contributed by atoms with Crippen LogP contribution in [0.3, 0.4) is 0 Å². The van der Waals surface area contributed by atoms with Crippen molar-refractivity contribution in [2.24, 2.45) is 11.7 Å². The van der Waals surface area contributed by atoms with Crippen LogP contribution in [0, 0.1) is 5.92 Å². The van der Waals surface area contributed by atoms with Gasteiger partial charge in [0, 0.05) is 25.7 Å². The summed E-state index contributed by atoms with van der Waals surface area (Å²) in [5, 5.41) is 3.02. The third-order valence-corrected chi connectivity index (χ3v) is 4.30. The molecule has 0 aromatic heterocycles. The van der Waals surface area contributed by atoms with Gasteiger partial charge in [0.05, 0.1) is 6.04 Å². The zero-order valence-electron chi connectivity index (χ0n) is 10.8. The molecule has 0 saturated carbocycles. The van der Waals surface area contributed by atoms with Crippen molar-refractivity contribution in [1.82, 2.24) is 10.2 Å². The largest absolute Gasteiger partial charge is 0.355 e. The fourth-order valence-corrected chi connectivity index (χ4v) is 3.06. The van der Waals surface area contributed by atoms with E-state index in [1.807, 2.05) is 0 Å². The molecule has 3 atom stereocenters. The summed E-state index contributed by atoms with van der Waals surface area (Å²) < 4.78 is 0. The maximum absolute atomic E-state index is 12.0. The highest BCUT2D eigenvalue weighted by molar-refractivity contribution is 5.81. The lowest BCUT2D eigenvalue weighted by molar-refractivity contribution is -0.127. The minimum atomic E-state index is 0.0963. The molecule has 1 amide bonds. The normalized spacial score (nSPS) is 36.4. The highest BCUT2D eigenvalue weighted by Gasteiger charge is 2.33. The van der Waals surface area contributed by atoms with Gasteiger partial charge in [-0.25, -0.2) is 0 Å². The van der Waals surface area contributed by atoms with Crippen molar-refractivity contribution in [3.05, 3.63) is 0 Å². The van der Waals surface area contributed by atoms with Crippen LogP contribution in [0.5, 0.6) is 0 Å². The summed E-state index contributed by atoms with van der Waals surface area (Å²) >= 11 is 0. The molecule has 0 aromatic rings. The van der Waals surface area contributed by atoms with Crippen LogP contribution in [-0.2, 0) is 4.79 Å². The van der Waals surface area contributed by atoms with E-state index in [-0.39, 0.29) is 11.9 Å². The van der Waals surface area contributed by atoms with E-state index in [9.17, 15) is 4.79 Å². The lowest BCUT2D eigenvalue weighted by Gasteiger charge is -2.40. The van der Waals surface area contributed by atoms with Crippen LogP contribution in [-0.4, -0.2) is 42.5 Å². The first-order valence-electron chi connectivity index (χ1n) is 6.99. The summed E-state index contributed by atoms with van der Waals surface area (Å²) in [5.41, 5.74) is 6.12. The number of piperidine rings is 1. The maximum atomic E-state index is 12.0. The van der Waals surface area contributed by atoms with Gasteiger partial charge >= 0.3 is 0 Å². The minimum absolute atomic E-state index is 0.0963. The quantitative estimate of drug-likeness (QED) is 0.746. The number of carbonyl (C=O) groups is 1. The predicted molar refractivity (Wildman–Crippen MR) is 68.6 cm³/mol. The molecule has 2 fully saturated rings. The molecule has 3 N–H and O–H groups in total. The monoisotopic (exact) mass is 239 g/mol. The standard InChI is InChI=1S/C13H25N3O/c1-2-10-9-16(8-6-11(10)14)12-5-3-4-7-15-13(12)17/h10-12H,2-9,14H2,1H3,(H,15,17). The van der Waals surface area contributed by atoms with E-state index in [1.165, 1.54) is 0 Å². The van der Waals surface area contributed by atoms with E-state index in [0.717, 1.165) is 51.7 Å². The van der Waals surface area contributed by atoms with Crippen molar-refractivity contribution in [1.29, 1.82) is 0 Å². The van der Waals surface area contributed by atoms with E-state index in [1.54, 1.807) is 0 Å². The second kappa shape index (κ2) is 5.83. The Hall–Kier alpha value is -0.610. The van der Waals surface area contributed by atoms with Crippen LogP contribution in [0.2, 0.25) is 0 Å². The number of amides is 1. The summed E-state index contributed by atoms with van der Waals surface area (Å²) in [5.74, 6) is 0.785. The Labute approximate surface area is 104 Å². The molecule has 17 heavy (non-hydrogen) atoms. The van der Waals surface area contributed by atoms with E-state index in [2.05, 4.69) is 17.1 Å². The highest BCUT2D eigenvalue weighted by Crippen LogP contribution is 2.23. The molecule has 4 heteroatoms.